The van der Waals surface area contributed by atoms with Gasteiger partial charge in [0.1, 0.15) is 0 Å². The van der Waals surface area contributed by atoms with E-state index in [0.29, 0.717) is 6.61 Å². The van der Waals surface area contributed by atoms with Gasteiger partial charge in [0.25, 0.3) is 0 Å². The summed E-state index contributed by atoms with van der Waals surface area (Å²) in [7, 11) is 1.78. The summed E-state index contributed by atoms with van der Waals surface area (Å²) in [6, 6.07) is 7.98. The molecule has 1 atom stereocenters. The van der Waals surface area contributed by atoms with Gasteiger partial charge in [-0.25, -0.2) is 0 Å². The summed E-state index contributed by atoms with van der Waals surface area (Å²) in [5, 5.41) is 16.8. The lowest BCUT2D eigenvalue weighted by atomic mass is 9.84. The van der Waals surface area contributed by atoms with Crippen molar-refractivity contribution in [1.82, 2.24) is 10.6 Å². The van der Waals surface area contributed by atoms with E-state index in [4.69, 9.17) is 16.3 Å². The first kappa shape index (κ1) is 19.0. The molecule has 0 spiro atoms. The Kier molecular flexibility index (Phi) is 7.82. The highest BCUT2D eigenvalue weighted by molar-refractivity contribution is 6.30. The number of hydrogen-bond donors (Lipinski definition) is 3. The van der Waals surface area contributed by atoms with Crippen LogP contribution in [0.15, 0.2) is 29.3 Å². The van der Waals surface area contributed by atoms with Crippen LogP contribution < -0.4 is 10.6 Å². The first-order valence-electron chi connectivity index (χ1n) is 8.55. The maximum atomic E-state index is 9.28. The fraction of sp³-hybridized carbons (Fsp3) is 0.611. The minimum absolute atomic E-state index is 0.0235. The van der Waals surface area contributed by atoms with Crippen LogP contribution in [-0.4, -0.2) is 51.0 Å². The van der Waals surface area contributed by atoms with Gasteiger partial charge in [0.15, 0.2) is 5.96 Å². The predicted octanol–water partition coefficient (Wildman–Crippen LogP) is 2.23. The van der Waals surface area contributed by atoms with E-state index >= 15 is 0 Å². The summed E-state index contributed by atoms with van der Waals surface area (Å²) in [5.74, 6) is 0.801. The number of aliphatic hydroxyl groups is 1. The summed E-state index contributed by atoms with van der Waals surface area (Å²) in [6.07, 6.45) is 3.76. The number of guanidine groups is 1. The van der Waals surface area contributed by atoms with Gasteiger partial charge in [-0.2, -0.15) is 0 Å². The molecule has 1 aromatic rings. The second-order valence-corrected chi connectivity index (χ2v) is 6.80. The van der Waals surface area contributed by atoms with Crippen LogP contribution in [0.3, 0.4) is 0 Å². The topological polar surface area (TPSA) is 65.9 Å². The first-order chi connectivity index (χ1) is 11.7. The number of halogens is 1. The average molecular weight is 354 g/mol. The highest BCUT2D eigenvalue weighted by atomic mass is 35.5. The van der Waals surface area contributed by atoms with Crippen molar-refractivity contribution in [3.63, 3.8) is 0 Å². The monoisotopic (exact) mass is 353 g/mol. The van der Waals surface area contributed by atoms with Crippen molar-refractivity contribution in [3.8, 4) is 0 Å². The highest BCUT2D eigenvalue weighted by Gasteiger charge is 2.34. The summed E-state index contributed by atoms with van der Waals surface area (Å²) in [5.41, 5.74) is 1.31. The molecule has 134 valence electrons. The fourth-order valence-corrected chi connectivity index (χ4v) is 3.08. The van der Waals surface area contributed by atoms with Crippen molar-refractivity contribution in [2.75, 3.05) is 40.0 Å². The molecule has 24 heavy (non-hydrogen) atoms. The Balaban J connectivity index is 1.69. The van der Waals surface area contributed by atoms with E-state index in [-0.39, 0.29) is 12.0 Å². The summed E-state index contributed by atoms with van der Waals surface area (Å²) < 4.78 is 5.51. The van der Waals surface area contributed by atoms with Gasteiger partial charge in [0.2, 0.25) is 0 Å². The molecule has 0 bridgehead atoms. The van der Waals surface area contributed by atoms with Crippen LogP contribution in [0.4, 0.5) is 0 Å². The van der Waals surface area contributed by atoms with Crippen LogP contribution in [0.5, 0.6) is 0 Å². The van der Waals surface area contributed by atoms with E-state index in [1.54, 1.807) is 7.05 Å². The highest BCUT2D eigenvalue weighted by Crippen LogP contribution is 2.31. The van der Waals surface area contributed by atoms with E-state index in [1.165, 1.54) is 5.56 Å². The molecule has 0 radical (unpaired) electrons. The van der Waals surface area contributed by atoms with Gasteiger partial charge in [-0.1, -0.05) is 23.7 Å². The number of rotatable bonds is 8. The maximum Gasteiger partial charge on any atom is 0.190 e. The zero-order valence-electron chi connectivity index (χ0n) is 14.4. The molecule has 3 N–H and O–H groups in total. The third-order valence-electron chi connectivity index (χ3n) is 4.53. The Morgan fingerprint density at radius 1 is 1.33 bits per heavy atom. The molecule has 1 saturated heterocycles. The second kappa shape index (κ2) is 9.87. The van der Waals surface area contributed by atoms with E-state index in [2.05, 4.69) is 27.8 Å². The number of ether oxygens (including phenoxy) is 1. The normalized spacial score (nSPS) is 21.0. The molecule has 1 aliphatic heterocycles. The molecular weight excluding hydrogens is 326 g/mol. The largest absolute Gasteiger partial charge is 0.396 e. The van der Waals surface area contributed by atoms with Gasteiger partial charge < -0.3 is 20.5 Å². The minimum atomic E-state index is 0.0235. The molecule has 6 heteroatoms. The zero-order chi connectivity index (χ0) is 17.3. The molecule has 1 heterocycles. The standard InChI is InChI=1S/C18H28ClN3O2/c1-20-17(22-13-18(8-11-23)9-12-24-14-18)21-10-2-3-15-4-6-16(19)7-5-15/h4-7,23H,2-3,8-14H2,1H3,(H2,20,21,22). The Morgan fingerprint density at radius 2 is 2.12 bits per heavy atom. The Bertz CT molecular complexity index is 514. The second-order valence-electron chi connectivity index (χ2n) is 6.36. The van der Waals surface area contributed by atoms with Crippen LogP contribution in [0.2, 0.25) is 5.02 Å². The minimum Gasteiger partial charge on any atom is -0.396 e. The Labute approximate surface area is 149 Å². The number of hydrogen-bond acceptors (Lipinski definition) is 3. The van der Waals surface area contributed by atoms with Crippen LogP contribution in [-0.2, 0) is 11.2 Å². The quantitative estimate of drug-likeness (QED) is 0.381. The lowest BCUT2D eigenvalue weighted by molar-refractivity contribution is 0.127. The van der Waals surface area contributed by atoms with Gasteiger partial charge >= 0.3 is 0 Å². The third-order valence-corrected chi connectivity index (χ3v) is 4.78. The van der Waals surface area contributed by atoms with E-state index in [1.807, 2.05) is 12.1 Å². The number of aryl methyl sites for hydroxylation is 1. The van der Waals surface area contributed by atoms with Gasteiger partial charge in [0, 0.05) is 43.8 Å². The molecule has 5 nitrogen and oxygen atoms in total. The van der Waals surface area contributed by atoms with Crippen LogP contribution >= 0.6 is 11.6 Å². The number of aliphatic hydroxyl groups excluding tert-OH is 1. The molecule has 0 amide bonds. The van der Waals surface area contributed by atoms with Gasteiger partial charge in [-0.15, -0.1) is 0 Å². The molecule has 2 rings (SSSR count). The lowest BCUT2D eigenvalue weighted by Crippen LogP contribution is -2.44. The summed E-state index contributed by atoms with van der Waals surface area (Å²) >= 11 is 5.89. The number of benzene rings is 1. The van der Waals surface area contributed by atoms with Crippen molar-refractivity contribution in [2.45, 2.75) is 25.7 Å². The molecular formula is C18H28ClN3O2. The fourth-order valence-electron chi connectivity index (χ4n) is 2.95. The number of nitrogens with zero attached hydrogens (tertiary/aromatic N) is 1. The number of nitrogens with one attached hydrogen (secondary N) is 2. The van der Waals surface area contributed by atoms with Crippen molar-refractivity contribution < 1.29 is 9.84 Å². The van der Waals surface area contributed by atoms with Gasteiger partial charge in [-0.05, 0) is 43.4 Å². The first-order valence-corrected chi connectivity index (χ1v) is 8.93. The predicted molar refractivity (Wildman–Crippen MR) is 98.7 cm³/mol. The smallest absolute Gasteiger partial charge is 0.190 e. The molecule has 0 aliphatic carbocycles. The van der Waals surface area contributed by atoms with Crippen molar-refractivity contribution in [2.24, 2.45) is 10.4 Å². The third kappa shape index (κ3) is 5.96. The van der Waals surface area contributed by atoms with Crippen LogP contribution in [0, 0.1) is 5.41 Å². The van der Waals surface area contributed by atoms with E-state index < -0.39 is 0 Å². The van der Waals surface area contributed by atoms with Crippen molar-refractivity contribution >= 4 is 17.6 Å². The van der Waals surface area contributed by atoms with Crippen LogP contribution in [0.1, 0.15) is 24.8 Å². The Morgan fingerprint density at radius 3 is 2.75 bits per heavy atom. The van der Waals surface area contributed by atoms with Crippen molar-refractivity contribution in [3.05, 3.63) is 34.9 Å². The van der Waals surface area contributed by atoms with Gasteiger partial charge in [0.05, 0.1) is 6.61 Å². The SMILES string of the molecule is CN=C(NCCCc1ccc(Cl)cc1)NCC1(CCO)CCOC1. The van der Waals surface area contributed by atoms with Gasteiger partial charge in [-0.3, -0.25) is 4.99 Å². The molecule has 0 aromatic heterocycles. The number of aliphatic imine (C=N–C) groups is 1. The zero-order valence-corrected chi connectivity index (χ0v) is 15.1. The molecule has 1 aliphatic rings. The molecule has 1 aromatic carbocycles. The Hall–Kier alpha value is -1.30. The lowest BCUT2D eigenvalue weighted by Gasteiger charge is -2.27. The molecule has 0 saturated carbocycles. The maximum absolute atomic E-state index is 9.28. The molecule has 1 unspecified atom stereocenters. The van der Waals surface area contributed by atoms with E-state index in [9.17, 15) is 5.11 Å². The van der Waals surface area contributed by atoms with Crippen molar-refractivity contribution in [1.29, 1.82) is 0 Å². The summed E-state index contributed by atoms with van der Waals surface area (Å²) in [6.45, 7) is 3.29. The molecule has 1 fully saturated rings. The average Bonchev–Trinajstić information content (AvgIpc) is 3.05. The van der Waals surface area contributed by atoms with Crippen LogP contribution in [0.25, 0.3) is 0 Å². The summed E-state index contributed by atoms with van der Waals surface area (Å²) in [4.78, 5) is 4.27. The van der Waals surface area contributed by atoms with E-state index in [0.717, 1.165) is 56.4 Å².